The van der Waals surface area contributed by atoms with Gasteiger partial charge in [0.25, 0.3) is 5.56 Å². The van der Waals surface area contributed by atoms with Crippen LogP contribution < -0.4 is 11.2 Å². The van der Waals surface area contributed by atoms with E-state index in [0.29, 0.717) is 0 Å². The van der Waals surface area contributed by atoms with Gasteiger partial charge >= 0.3 is 23.6 Å². The molecule has 3 atom stereocenters. The van der Waals surface area contributed by atoms with Crippen LogP contribution in [0.25, 0.3) is 0 Å². The summed E-state index contributed by atoms with van der Waals surface area (Å²) in [7, 11) is 0. The third-order valence-electron chi connectivity index (χ3n) is 3.46. The molecule has 0 saturated carbocycles. The van der Waals surface area contributed by atoms with Crippen LogP contribution in [0.1, 0.15) is 36.9 Å². The van der Waals surface area contributed by atoms with Gasteiger partial charge in [-0.3, -0.25) is 23.9 Å². The van der Waals surface area contributed by atoms with E-state index in [4.69, 9.17) is 19.3 Å². The van der Waals surface area contributed by atoms with E-state index in [0.717, 1.165) is 10.8 Å². The molecule has 1 aromatic heterocycles. The summed E-state index contributed by atoms with van der Waals surface area (Å²) in [5.74, 6) is -2.67. The van der Waals surface area contributed by atoms with Gasteiger partial charge in [-0.25, -0.2) is 9.59 Å². The number of ether oxygens (including phenoxy) is 3. The molecule has 11 nitrogen and oxygen atoms in total. The molecule has 0 amide bonds. The summed E-state index contributed by atoms with van der Waals surface area (Å²) >= 11 is 0. The van der Waals surface area contributed by atoms with Crippen molar-refractivity contribution in [1.82, 2.24) is 9.55 Å². The van der Waals surface area contributed by atoms with Crippen LogP contribution in [0.15, 0.2) is 15.8 Å². The van der Waals surface area contributed by atoms with Gasteiger partial charge < -0.3 is 19.3 Å². The number of H-pyrrole nitrogens is 1. The number of aromatic nitrogens is 2. The van der Waals surface area contributed by atoms with Gasteiger partial charge in [-0.1, -0.05) is 0 Å². The normalized spacial score (nSPS) is 22.4. The number of hydrogen-bond acceptors (Lipinski definition) is 8. The van der Waals surface area contributed by atoms with Crippen molar-refractivity contribution in [2.75, 3.05) is 6.61 Å². The molecule has 2 rings (SSSR count). The third-order valence-corrected chi connectivity index (χ3v) is 3.46. The van der Waals surface area contributed by atoms with Crippen molar-refractivity contribution in [3.63, 3.8) is 0 Å². The third kappa shape index (κ3) is 4.32. The molecule has 136 valence electrons. The highest BCUT2D eigenvalue weighted by atomic mass is 16.6. The summed E-state index contributed by atoms with van der Waals surface area (Å²) in [6.07, 6.45) is -1.80. The molecule has 0 unspecified atom stereocenters. The molecule has 1 fully saturated rings. The summed E-state index contributed by atoms with van der Waals surface area (Å²) in [6, 6.07) is 0. The predicted octanol–water partition coefficient (Wildman–Crippen LogP) is -0.983. The lowest BCUT2D eigenvalue weighted by Gasteiger charge is -2.17. The highest BCUT2D eigenvalue weighted by Crippen LogP contribution is 2.30. The highest BCUT2D eigenvalue weighted by molar-refractivity contribution is 5.86. The lowest BCUT2D eigenvalue weighted by Crippen LogP contribution is -2.35. The van der Waals surface area contributed by atoms with Gasteiger partial charge in [-0.05, 0) is 0 Å². The van der Waals surface area contributed by atoms with E-state index in [9.17, 15) is 24.0 Å². The van der Waals surface area contributed by atoms with Crippen molar-refractivity contribution in [3.05, 3.63) is 32.6 Å². The van der Waals surface area contributed by atoms with E-state index in [1.54, 1.807) is 0 Å². The van der Waals surface area contributed by atoms with Gasteiger partial charge in [0.2, 0.25) is 0 Å². The summed E-state index contributed by atoms with van der Waals surface area (Å²) in [6.45, 7) is 2.16. The zero-order chi connectivity index (χ0) is 18.7. The molecule has 2 N–H and O–H groups in total. The van der Waals surface area contributed by atoms with Crippen LogP contribution in [0.3, 0.4) is 0 Å². The molecular formula is C14H16N2O9. The summed E-state index contributed by atoms with van der Waals surface area (Å²) < 4.78 is 16.4. The van der Waals surface area contributed by atoms with E-state index < -0.39 is 53.2 Å². The quantitative estimate of drug-likeness (QED) is 0.633. The van der Waals surface area contributed by atoms with Crippen LogP contribution >= 0.6 is 0 Å². The number of nitrogens with one attached hydrogen (secondary N) is 1. The molecule has 0 radical (unpaired) electrons. The second-order valence-electron chi connectivity index (χ2n) is 5.33. The fourth-order valence-corrected chi connectivity index (χ4v) is 2.41. The van der Waals surface area contributed by atoms with Crippen molar-refractivity contribution in [3.8, 4) is 0 Å². The zero-order valence-electron chi connectivity index (χ0n) is 13.4. The van der Waals surface area contributed by atoms with Crippen LogP contribution in [0.4, 0.5) is 0 Å². The lowest BCUT2D eigenvalue weighted by atomic mass is 10.2. The van der Waals surface area contributed by atoms with Gasteiger partial charge in [0, 0.05) is 26.5 Å². The van der Waals surface area contributed by atoms with Crippen LogP contribution in [0.2, 0.25) is 0 Å². The van der Waals surface area contributed by atoms with E-state index in [2.05, 4.69) is 0 Å². The standard InChI is InChI=1S/C14H16N2O9/c1-6(17)23-5-10-9(24-7(2)18)3-11(25-10)16-4-8(13(20)21)12(19)15-14(16)22/h4,9-11H,3,5H2,1-2H3,(H,20,21)(H,15,19,22)/t9-,10+,11+/m0/s1. The zero-order valence-corrected chi connectivity index (χ0v) is 13.4. The second-order valence-corrected chi connectivity index (χ2v) is 5.33. The van der Waals surface area contributed by atoms with E-state index in [1.807, 2.05) is 4.98 Å². The number of carbonyl (C=O) groups excluding carboxylic acids is 2. The minimum absolute atomic E-state index is 0.0104. The first kappa shape index (κ1) is 18.4. The molecule has 11 heteroatoms. The van der Waals surface area contributed by atoms with Crippen molar-refractivity contribution >= 4 is 17.9 Å². The number of rotatable bonds is 5. The first-order chi connectivity index (χ1) is 11.7. The summed E-state index contributed by atoms with van der Waals surface area (Å²) in [4.78, 5) is 58.5. The molecule has 1 aliphatic rings. The average molecular weight is 356 g/mol. The molecule has 0 bridgehead atoms. The number of hydrogen-bond donors (Lipinski definition) is 2. The molecular weight excluding hydrogens is 340 g/mol. The minimum Gasteiger partial charge on any atom is -0.477 e. The van der Waals surface area contributed by atoms with Crippen molar-refractivity contribution < 1.29 is 33.7 Å². The monoisotopic (exact) mass is 356 g/mol. The number of aromatic carboxylic acids is 1. The number of esters is 2. The van der Waals surface area contributed by atoms with Crippen LogP contribution in [0.5, 0.6) is 0 Å². The Kier molecular flexibility index (Phi) is 5.37. The smallest absolute Gasteiger partial charge is 0.342 e. The molecule has 0 spiro atoms. The van der Waals surface area contributed by atoms with Gasteiger partial charge in [0.1, 0.15) is 30.6 Å². The SMILES string of the molecule is CC(=O)OC[C@H]1O[C@@H](n2cc(C(=O)O)c(=O)[nH]c2=O)C[C@@H]1OC(C)=O. The molecule has 1 aliphatic heterocycles. The molecule has 1 saturated heterocycles. The number of carbonyl (C=O) groups is 3. The van der Waals surface area contributed by atoms with Gasteiger partial charge in [-0.15, -0.1) is 0 Å². The molecule has 0 aliphatic carbocycles. The van der Waals surface area contributed by atoms with Crippen LogP contribution in [0, 0.1) is 0 Å². The number of carboxylic acid groups (broad SMARTS) is 1. The minimum atomic E-state index is -1.51. The second kappa shape index (κ2) is 7.30. The van der Waals surface area contributed by atoms with Crippen molar-refractivity contribution in [2.24, 2.45) is 0 Å². The summed E-state index contributed by atoms with van der Waals surface area (Å²) in [5, 5.41) is 8.99. The molecule has 1 aromatic rings. The Balaban J connectivity index is 2.30. The summed E-state index contributed by atoms with van der Waals surface area (Å²) in [5.41, 5.74) is -2.56. The highest BCUT2D eigenvalue weighted by Gasteiger charge is 2.40. The Hall–Kier alpha value is -2.95. The first-order valence-corrected chi connectivity index (χ1v) is 7.24. The molecule has 0 aromatic carbocycles. The van der Waals surface area contributed by atoms with E-state index in [-0.39, 0.29) is 13.0 Å². The number of aromatic amines is 1. The fraction of sp³-hybridized carbons (Fsp3) is 0.500. The predicted molar refractivity (Wildman–Crippen MR) is 79.0 cm³/mol. The Bertz CT molecular complexity index is 809. The van der Waals surface area contributed by atoms with Crippen molar-refractivity contribution in [2.45, 2.75) is 38.7 Å². The maximum atomic E-state index is 11.9. The average Bonchev–Trinajstić information content (AvgIpc) is 2.86. The maximum absolute atomic E-state index is 11.9. The Morgan fingerprint density at radius 2 is 2.00 bits per heavy atom. The van der Waals surface area contributed by atoms with Gasteiger partial charge in [0.15, 0.2) is 0 Å². The van der Waals surface area contributed by atoms with Gasteiger partial charge in [-0.2, -0.15) is 0 Å². The Labute approximate surface area is 140 Å². The van der Waals surface area contributed by atoms with Crippen LogP contribution in [-0.2, 0) is 23.8 Å². The number of carboxylic acids is 1. The molecule has 2 heterocycles. The molecule has 25 heavy (non-hydrogen) atoms. The van der Waals surface area contributed by atoms with E-state index in [1.165, 1.54) is 13.8 Å². The number of nitrogens with zero attached hydrogens (tertiary/aromatic N) is 1. The van der Waals surface area contributed by atoms with E-state index >= 15 is 0 Å². The van der Waals surface area contributed by atoms with Crippen molar-refractivity contribution in [1.29, 1.82) is 0 Å². The van der Waals surface area contributed by atoms with Gasteiger partial charge in [0.05, 0.1) is 0 Å². The topological polar surface area (TPSA) is 154 Å². The lowest BCUT2D eigenvalue weighted by molar-refractivity contribution is -0.155. The first-order valence-electron chi connectivity index (χ1n) is 7.24. The fourth-order valence-electron chi connectivity index (χ4n) is 2.41. The Morgan fingerprint density at radius 1 is 1.32 bits per heavy atom. The largest absolute Gasteiger partial charge is 0.477 e. The maximum Gasteiger partial charge on any atom is 0.342 e. The Morgan fingerprint density at radius 3 is 2.56 bits per heavy atom. The van der Waals surface area contributed by atoms with Crippen LogP contribution in [-0.4, -0.2) is 51.4 Å².